The Morgan fingerprint density at radius 2 is 1.08 bits per heavy atom. The number of esters is 3. The van der Waals surface area contributed by atoms with Crippen molar-refractivity contribution >= 4 is 17.9 Å². The van der Waals surface area contributed by atoms with E-state index in [2.05, 4.69) is 0 Å². The molecule has 1 fully saturated rings. The van der Waals surface area contributed by atoms with Gasteiger partial charge in [0.15, 0.2) is 64.0 Å². The van der Waals surface area contributed by atoms with Gasteiger partial charge in [-0.2, -0.15) is 0 Å². The van der Waals surface area contributed by atoms with Gasteiger partial charge in [0.2, 0.25) is 0 Å². The smallest absolute Gasteiger partial charge is 0.341 e. The van der Waals surface area contributed by atoms with Crippen molar-refractivity contribution in [2.24, 2.45) is 0 Å². The number of hydrogen-bond donors (Lipinski definition) is 12. The lowest BCUT2D eigenvalue weighted by Crippen LogP contribution is -2.71. The molecule has 12 N–H and O–H groups in total. The second kappa shape index (κ2) is 13.7. The molecule has 0 bridgehead atoms. The Balaban J connectivity index is 1.74. The molecule has 0 saturated carbocycles. The summed E-state index contributed by atoms with van der Waals surface area (Å²) in [4.78, 5) is 39.1. The fourth-order valence-electron chi connectivity index (χ4n) is 4.79. The minimum atomic E-state index is -3.01. The fourth-order valence-corrected chi connectivity index (χ4v) is 4.79. The Hall–Kier alpha value is -5.89. The minimum Gasteiger partial charge on any atom is -0.504 e. The summed E-state index contributed by atoms with van der Waals surface area (Å²) in [5, 5.41) is 121. The molecule has 49 heavy (non-hydrogen) atoms. The number of phenols is 9. The van der Waals surface area contributed by atoms with Crippen molar-refractivity contribution in [3.05, 3.63) is 53.1 Å². The first kappa shape index (κ1) is 36.0. The second-order valence-electron chi connectivity index (χ2n) is 10.7. The number of hydrogen-bond acceptors (Lipinski definition) is 19. The van der Waals surface area contributed by atoms with Crippen LogP contribution in [0.1, 0.15) is 44.4 Å². The van der Waals surface area contributed by atoms with E-state index in [0.29, 0.717) is 36.4 Å². The van der Waals surface area contributed by atoms with Crippen molar-refractivity contribution in [3.8, 4) is 51.7 Å². The number of aliphatic hydroxyl groups excluding tert-OH is 3. The summed E-state index contributed by atoms with van der Waals surface area (Å²) in [5.74, 6) is -16.0. The number of carbonyl (C=O) groups is 3. The van der Waals surface area contributed by atoms with Crippen molar-refractivity contribution in [2.75, 3.05) is 6.61 Å². The highest BCUT2D eigenvalue weighted by Crippen LogP contribution is 2.41. The number of ether oxygens (including phenoxy) is 4. The maximum absolute atomic E-state index is 13.3. The van der Waals surface area contributed by atoms with Crippen LogP contribution in [-0.4, -0.2) is 122 Å². The third-order valence-corrected chi connectivity index (χ3v) is 7.42. The van der Waals surface area contributed by atoms with E-state index in [9.17, 15) is 75.7 Å². The zero-order valence-electron chi connectivity index (χ0n) is 25.0. The molecular weight excluding hydrogens is 664 g/mol. The molecule has 0 aliphatic carbocycles. The van der Waals surface area contributed by atoms with Gasteiger partial charge in [-0.05, 0) is 42.8 Å². The molecule has 3 aromatic carbocycles. The quantitative estimate of drug-likeness (QED) is 0.0787. The molecule has 264 valence electrons. The first-order valence-corrected chi connectivity index (χ1v) is 14.0. The average Bonchev–Trinajstić information content (AvgIpc) is 3.05. The van der Waals surface area contributed by atoms with E-state index in [0.717, 1.165) is 0 Å². The van der Waals surface area contributed by atoms with Gasteiger partial charge in [0.1, 0.15) is 24.9 Å². The van der Waals surface area contributed by atoms with Gasteiger partial charge >= 0.3 is 17.9 Å². The van der Waals surface area contributed by atoms with Gasteiger partial charge in [0, 0.05) is 0 Å². The van der Waals surface area contributed by atoms with E-state index in [4.69, 9.17) is 18.9 Å². The predicted octanol–water partition coefficient (Wildman–Crippen LogP) is -0.136. The Labute approximate surface area is 273 Å². The van der Waals surface area contributed by atoms with Crippen LogP contribution in [0.25, 0.3) is 0 Å². The molecule has 0 spiro atoms. The third kappa shape index (κ3) is 6.90. The molecular formula is C30H30O19. The largest absolute Gasteiger partial charge is 0.504 e. The van der Waals surface area contributed by atoms with Crippen molar-refractivity contribution in [2.45, 2.75) is 49.7 Å². The number of rotatable bonds is 9. The summed E-state index contributed by atoms with van der Waals surface area (Å²) < 4.78 is 21.3. The van der Waals surface area contributed by atoms with Gasteiger partial charge in [0.25, 0.3) is 5.79 Å². The minimum absolute atomic E-state index is 0.383. The molecule has 0 amide bonds. The van der Waals surface area contributed by atoms with Crippen LogP contribution in [-0.2, 0) is 18.9 Å². The maximum Gasteiger partial charge on any atom is 0.341 e. The molecule has 1 heterocycles. The lowest BCUT2D eigenvalue weighted by molar-refractivity contribution is -0.371. The summed E-state index contributed by atoms with van der Waals surface area (Å²) >= 11 is 0. The van der Waals surface area contributed by atoms with Gasteiger partial charge in [0.05, 0.1) is 16.7 Å². The molecule has 0 radical (unpaired) electrons. The van der Waals surface area contributed by atoms with Crippen LogP contribution in [0.2, 0.25) is 0 Å². The predicted molar refractivity (Wildman–Crippen MR) is 155 cm³/mol. The lowest BCUT2D eigenvalue weighted by Gasteiger charge is -2.50. The van der Waals surface area contributed by atoms with Gasteiger partial charge in [-0.1, -0.05) is 6.92 Å². The van der Waals surface area contributed by atoms with Crippen molar-refractivity contribution in [3.63, 3.8) is 0 Å². The van der Waals surface area contributed by atoms with Gasteiger partial charge in [-0.3, -0.25) is 0 Å². The van der Waals surface area contributed by atoms with Crippen molar-refractivity contribution in [1.29, 1.82) is 0 Å². The Morgan fingerprint density at radius 1 is 0.694 bits per heavy atom. The van der Waals surface area contributed by atoms with Gasteiger partial charge in [-0.15, -0.1) is 0 Å². The van der Waals surface area contributed by atoms with E-state index in [1.165, 1.54) is 6.92 Å². The van der Waals surface area contributed by atoms with Crippen LogP contribution in [0.3, 0.4) is 0 Å². The monoisotopic (exact) mass is 694 g/mol. The van der Waals surface area contributed by atoms with E-state index in [-0.39, 0.29) is 6.42 Å². The number of phenolic OH excluding ortho intramolecular Hbond substituents is 9. The highest BCUT2D eigenvalue weighted by molar-refractivity contribution is 5.92. The first-order chi connectivity index (χ1) is 22.9. The molecule has 6 atom stereocenters. The normalized spacial score (nSPS) is 22.5. The molecule has 0 aromatic heterocycles. The fraction of sp³-hybridized carbons (Fsp3) is 0.300. The first-order valence-electron chi connectivity index (χ1n) is 14.0. The highest BCUT2D eigenvalue weighted by atomic mass is 16.8. The highest BCUT2D eigenvalue weighted by Gasteiger charge is 2.62. The maximum atomic E-state index is 13.3. The van der Waals surface area contributed by atoms with Crippen LogP contribution < -0.4 is 0 Å². The Morgan fingerprint density at radius 3 is 1.49 bits per heavy atom. The number of aromatic hydroxyl groups is 9. The molecule has 3 aromatic rings. The molecule has 1 aliphatic rings. The van der Waals surface area contributed by atoms with Crippen LogP contribution >= 0.6 is 0 Å². The summed E-state index contributed by atoms with van der Waals surface area (Å²) in [6.45, 7) is 0.280. The molecule has 19 nitrogen and oxygen atoms in total. The average molecular weight is 695 g/mol. The van der Waals surface area contributed by atoms with E-state index < -0.39 is 129 Å². The topological polar surface area (TPSA) is 331 Å². The zero-order chi connectivity index (χ0) is 36.5. The lowest BCUT2D eigenvalue weighted by atomic mass is 9.87. The Bertz CT molecular complexity index is 1700. The second-order valence-corrected chi connectivity index (χ2v) is 10.7. The third-order valence-electron chi connectivity index (χ3n) is 7.42. The molecule has 19 heteroatoms. The van der Waals surface area contributed by atoms with Gasteiger partial charge in [-0.25, -0.2) is 14.4 Å². The summed E-state index contributed by atoms with van der Waals surface area (Å²) in [6, 6.07) is 3.99. The molecule has 1 saturated heterocycles. The standard InChI is InChI=1S/C30H30O19/c1-2-20(37)30(49-29(45)12-7-17(35)23(40)18(36)8-12)26(42)25(47-28(44)11-5-15(33)22(39)16(34)6-11)24(41)19(48-30)9-46-27(43)10-3-13(31)21(38)14(32)4-10/h3-8,19-20,24-26,31-42H,2,9H2,1H3/t19-,20?,24-,25+,26-,30+/m1/s1. The SMILES string of the molecule is CCC(O)[C@@]1(OC(=O)c2cc(O)c(O)c(O)c2)O[C@H](COC(=O)c2cc(O)c(O)c(O)c2)[C@@H](O)[C@H](OC(=O)c2cc(O)c(O)c(O)c2)[C@H]1O. The van der Waals surface area contributed by atoms with Crippen LogP contribution in [0.4, 0.5) is 0 Å². The number of benzene rings is 3. The number of aliphatic hydroxyl groups is 3. The van der Waals surface area contributed by atoms with E-state index in [1.807, 2.05) is 0 Å². The van der Waals surface area contributed by atoms with E-state index in [1.54, 1.807) is 0 Å². The molecule has 4 rings (SSSR count). The van der Waals surface area contributed by atoms with E-state index >= 15 is 0 Å². The van der Waals surface area contributed by atoms with Crippen LogP contribution in [0.15, 0.2) is 36.4 Å². The number of carbonyl (C=O) groups excluding carboxylic acids is 3. The van der Waals surface area contributed by atoms with Gasteiger partial charge < -0.3 is 80.2 Å². The van der Waals surface area contributed by atoms with Crippen LogP contribution in [0.5, 0.6) is 51.7 Å². The zero-order valence-corrected chi connectivity index (χ0v) is 25.0. The van der Waals surface area contributed by atoms with Crippen molar-refractivity contribution in [1.82, 2.24) is 0 Å². The van der Waals surface area contributed by atoms with Crippen LogP contribution in [0, 0.1) is 0 Å². The molecule has 1 aliphatic heterocycles. The molecule has 1 unspecified atom stereocenters. The van der Waals surface area contributed by atoms with Crippen molar-refractivity contribution < 1.29 is 94.6 Å². The summed E-state index contributed by atoms with van der Waals surface area (Å²) in [5.41, 5.74) is -1.83. The summed E-state index contributed by atoms with van der Waals surface area (Å²) in [6.07, 6.45) is -11.3. The summed E-state index contributed by atoms with van der Waals surface area (Å²) in [7, 11) is 0. The Kier molecular flexibility index (Phi) is 10.0.